The lowest BCUT2D eigenvalue weighted by atomic mass is 9.87. The molecule has 4 amide bonds. The standard InChI is InChI=1S/C20H32N4O3/c1-2-22-12-9-20(10-13-22)18(26)24(19(27)21-20)16-8-5-11-23(14-16)17(25)15-6-3-4-7-15/h15-16H,2-14H2,1H3,(H,21,27). The zero-order valence-corrected chi connectivity index (χ0v) is 16.4. The van der Waals surface area contributed by atoms with Crippen LogP contribution < -0.4 is 5.32 Å². The number of carbonyl (C=O) groups is 3. The van der Waals surface area contributed by atoms with E-state index in [0.717, 1.165) is 64.7 Å². The van der Waals surface area contributed by atoms with Gasteiger partial charge in [-0.05, 0) is 45.1 Å². The summed E-state index contributed by atoms with van der Waals surface area (Å²) in [7, 11) is 0. The molecule has 4 fully saturated rings. The average molecular weight is 377 g/mol. The minimum atomic E-state index is -0.722. The minimum absolute atomic E-state index is 0.0663. The normalized spacial score (nSPS) is 29.6. The number of nitrogens with zero attached hydrogens (tertiary/aromatic N) is 3. The summed E-state index contributed by atoms with van der Waals surface area (Å²) < 4.78 is 0. The molecular formula is C20H32N4O3. The zero-order chi connectivity index (χ0) is 19.0. The Morgan fingerprint density at radius 2 is 1.78 bits per heavy atom. The van der Waals surface area contributed by atoms with Gasteiger partial charge < -0.3 is 15.1 Å². The first-order valence-corrected chi connectivity index (χ1v) is 10.7. The van der Waals surface area contributed by atoms with Gasteiger partial charge >= 0.3 is 6.03 Å². The molecule has 0 radical (unpaired) electrons. The van der Waals surface area contributed by atoms with Crippen molar-refractivity contribution in [3.05, 3.63) is 0 Å². The Bertz CT molecular complexity index is 608. The summed E-state index contributed by atoms with van der Waals surface area (Å²) in [4.78, 5) is 44.4. The van der Waals surface area contributed by atoms with Gasteiger partial charge in [-0.3, -0.25) is 14.5 Å². The molecule has 1 unspecified atom stereocenters. The third-order valence-corrected chi connectivity index (χ3v) is 7.13. The van der Waals surface area contributed by atoms with E-state index in [0.29, 0.717) is 19.4 Å². The summed E-state index contributed by atoms with van der Waals surface area (Å²) >= 11 is 0. The van der Waals surface area contributed by atoms with Gasteiger partial charge in [0.15, 0.2) is 0 Å². The lowest BCUT2D eigenvalue weighted by molar-refractivity contribution is -0.141. The topological polar surface area (TPSA) is 73.0 Å². The fraction of sp³-hybridized carbons (Fsp3) is 0.850. The van der Waals surface area contributed by atoms with Gasteiger partial charge in [-0.15, -0.1) is 0 Å². The van der Waals surface area contributed by atoms with Crippen LogP contribution in [0.25, 0.3) is 0 Å². The van der Waals surface area contributed by atoms with Crippen molar-refractivity contribution < 1.29 is 14.4 Å². The molecular weight excluding hydrogens is 344 g/mol. The Labute approximate surface area is 161 Å². The van der Waals surface area contributed by atoms with Crippen molar-refractivity contribution in [2.45, 2.75) is 69.9 Å². The van der Waals surface area contributed by atoms with Crippen LogP contribution in [0.5, 0.6) is 0 Å². The molecule has 3 heterocycles. The molecule has 1 N–H and O–H groups in total. The molecule has 7 nitrogen and oxygen atoms in total. The van der Waals surface area contributed by atoms with Crippen LogP contribution in [0.1, 0.15) is 58.3 Å². The van der Waals surface area contributed by atoms with Crippen molar-refractivity contribution in [2.75, 3.05) is 32.7 Å². The summed E-state index contributed by atoms with van der Waals surface area (Å²) in [5, 5.41) is 3.02. The minimum Gasteiger partial charge on any atom is -0.340 e. The van der Waals surface area contributed by atoms with Gasteiger partial charge in [-0.1, -0.05) is 19.8 Å². The van der Waals surface area contributed by atoms with Crippen LogP contribution in [0.4, 0.5) is 4.79 Å². The Morgan fingerprint density at radius 1 is 1.07 bits per heavy atom. The smallest absolute Gasteiger partial charge is 0.325 e. The molecule has 3 saturated heterocycles. The van der Waals surface area contributed by atoms with Crippen molar-refractivity contribution in [1.29, 1.82) is 0 Å². The van der Waals surface area contributed by atoms with Crippen molar-refractivity contribution >= 4 is 17.8 Å². The molecule has 27 heavy (non-hydrogen) atoms. The van der Waals surface area contributed by atoms with Crippen LogP contribution in [0.3, 0.4) is 0 Å². The van der Waals surface area contributed by atoms with Gasteiger partial charge in [0.1, 0.15) is 5.54 Å². The first-order valence-electron chi connectivity index (χ1n) is 10.7. The second-order valence-electron chi connectivity index (χ2n) is 8.68. The van der Waals surface area contributed by atoms with Crippen LogP contribution >= 0.6 is 0 Å². The van der Waals surface area contributed by atoms with Gasteiger partial charge in [0, 0.05) is 32.1 Å². The predicted octanol–water partition coefficient (Wildman–Crippen LogP) is 1.57. The van der Waals surface area contributed by atoms with E-state index in [2.05, 4.69) is 17.1 Å². The van der Waals surface area contributed by atoms with Crippen LogP contribution in [0, 0.1) is 5.92 Å². The van der Waals surface area contributed by atoms with E-state index in [4.69, 9.17) is 0 Å². The molecule has 3 aliphatic heterocycles. The molecule has 150 valence electrons. The largest absolute Gasteiger partial charge is 0.340 e. The molecule has 0 aromatic carbocycles. The van der Waals surface area contributed by atoms with E-state index >= 15 is 0 Å². The number of carbonyl (C=O) groups excluding carboxylic acids is 3. The van der Waals surface area contributed by atoms with E-state index < -0.39 is 5.54 Å². The predicted molar refractivity (Wildman–Crippen MR) is 101 cm³/mol. The number of piperidine rings is 2. The van der Waals surface area contributed by atoms with Crippen LogP contribution in [0.2, 0.25) is 0 Å². The summed E-state index contributed by atoms with van der Waals surface area (Å²) in [6.45, 7) is 6.04. The highest BCUT2D eigenvalue weighted by molar-refractivity contribution is 6.07. The van der Waals surface area contributed by atoms with Crippen LogP contribution in [-0.4, -0.2) is 76.8 Å². The molecule has 4 aliphatic rings. The molecule has 7 heteroatoms. The third kappa shape index (κ3) is 3.35. The first kappa shape index (κ1) is 18.7. The lowest BCUT2D eigenvalue weighted by Gasteiger charge is -2.39. The molecule has 4 rings (SSSR count). The monoisotopic (exact) mass is 376 g/mol. The average Bonchev–Trinajstić information content (AvgIpc) is 3.30. The van der Waals surface area contributed by atoms with Gasteiger partial charge in [0.2, 0.25) is 5.91 Å². The van der Waals surface area contributed by atoms with Gasteiger partial charge in [0.05, 0.1) is 6.04 Å². The zero-order valence-electron chi connectivity index (χ0n) is 16.4. The van der Waals surface area contributed by atoms with Gasteiger partial charge in [-0.2, -0.15) is 0 Å². The Kier molecular flexibility index (Phi) is 5.14. The van der Waals surface area contributed by atoms with E-state index in [1.54, 1.807) is 0 Å². The first-order chi connectivity index (χ1) is 13.0. The maximum atomic E-state index is 13.2. The van der Waals surface area contributed by atoms with Crippen LogP contribution in [-0.2, 0) is 9.59 Å². The number of hydrogen-bond donors (Lipinski definition) is 1. The summed E-state index contributed by atoms with van der Waals surface area (Å²) in [5.41, 5.74) is -0.722. The highest BCUT2D eigenvalue weighted by atomic mass is 16.2. The molecule has 0 aromatic rings. The molecule has 0 bridgehead atoms. The molecule has 1 spiro atoms. The number of imide groups is 1. The molecule has 1 saturated carbocycles. The SMILES string of the molecule is CCN1CCC2(CC1)NC(=O)N(C1CCCN(C(=O)C3CCCC3)C1)C2=O. The summed E-state index contributed by atoms with van der Waals surface area (Å²) in [6, 6.07) is -0.440. The maximum absolute atomic E-state index is 13.2. The number of nitrogens with one attached hydrogen (secondary N) is 1. The van der Waals surface area contributed by atoms with E-state index in [1.165, 1.54) is 4.90 Å². The highest BCUT2D eigenvalue weighted by Gasteiger charge is 2.54. The van der Waals surface area contributed by atoms with E-state index in [-0.39, 0.29) is 29.8 Å². The number of amides is 4. The Balaban J connectivity index is 1.44. The summed E-state index contributed by atoms with van der Waals surface area (Å²) in [6.07, 6.45) is 7.26. The number of rotatable bonds is 3. The highest BCUT2D eigenvalue weighted by Crippen LogP contribution is 2.33. The van der Waals surface area contributed by atoms with E-state index in [1.807, 2.05) is 4.90 Å². The van der Waals surface area contributed by atoms with E-state index in [9.17, 15) is 14.4 Å². The van der Waals surface area contributed by atoms with Crippen molar-refractivity contribution in [3.8, 4) is 0 Å². The quantitative estimate of drug-likeness (QED) is 0.759. The third-order valence-electron chi connectivity index (χ3n) is 7.13. The van der Waals surface area contributed by atoms with Crippen molar-refractivity contribution in [3.63, 3.8) is 0 Å². The van der Waals surface area contributed by atoms with Crippen LogP contribution in [0.15, 0.2) is 0 Å². The van der Waals surface area contributed by atoms with Crippen molar-refractivity contribution in [1.82, 2.24) is 20.0 Å². The van der Waals surface area contributed by atoms with Gasteiger partial charge in [-0.25, -0.2) is 4.79 Å². The maximum Gasteiger partial charge on any atom is 0.325 e. The number of hydrogen-bond acceptors (Lipinski definition) is 4. The summed E-state index contributed by atoms with van der Waals surface area (Å²) in [5.74, 6) is 0.315. The molecule has 0 aromatic heterocycles. The Hall–Kier alpha value is -1.63. The second-order valence-corrected chi connectivity index (χ2v) is 8.68. The number of likely N-dealkylation sites (tertiary alicyclic amines) is 2. The Morgan fingerprint density at radius 3 is 2.44 bits per heavy atom. The second kappa shape index (κ2) is 7.41. The lowest BCUT2D eigenvalue weighted by Crippen LogP contribution is -2.56. The number of urea groups is 1. The van der Waals surface area contributed by atoms with Gasteiger partial charge in [0.25, 0.3) is 5.91 Å². The fourth-order valence-corrected chi connectivity index (χ4v) is 5.36. The molecule has 1 atom stereocenters. The van der Waals surface area contributed by atoms with Crippen molar-refractivity contribution in [2.24, 2.45) is 5.92 Å². The molecule has 1 aliphatic carbocycles. The fourth-order valence-electron chi connectivity index (χ4n) is 5.36.